The standard InChI is InChI=1S/C25H35N/c1-3-5-6-21-7-9-22(10-8-21)11-12-23-13-16-24(17-14-23)25-18-15-20(4-2)19-26-25/h13-19,21-22H,3-12H2,1-2H3/t21-,22-. The van der Waals surface area contributed by atoms with E-state index < -0.39 is 0 Å². The van der Waals surface area contributed by atoms with Gasteiger partial charge in [-0.3, -0.25) is 4.98 Å². The number of hydrogen-bond acceptors (Lipinski definition) is 1. The van der Waals surface area contributed by atoms with Crippen LogP contribution in [0.15, 0.2) is 42.6 Å². The second-order valence-corrected chi connectivity index (χ2v) is 8.17. The summed E-state index contributed by atoms with van der Waals surface area (Å²) >= 11 is 0. The van der Waals surface area contributed by atoms with Crippen molar-refractivity contribution in [2.45, 2.75) is 78.1 Å². The summed E-state index contributed by atoms with van der Waals surface area (Å²) in [6.07, 6.45) is 15.8. The number of unbranched alkanes of at least 4 members (excludes halogenated alkanes) is 1. The van der Waals surface area contributed by atoms with E-state index >= 15 is 0 Å². The highest BCUT2D eigenvalue weighted by molar-refractivity contribution is 5.59. The summed E-state index contributed by atoms with van der Waals surface area (Å²) < 4.78 is 0. The van der Waals surface area contributed by atoms with Crippen LogP contribution in [0.3, 0.4) is 0 Å². The van der Waals surface area contributed by atoms with Gasteiger partial charge in [-0.15, -0.1) is 0 Å². The lowest BCUT2D eigenvalue weighted by Gasteiger charge is -2.28. The number of nitrogens with zero attached hydrogens (tertiary/aromatic N) is 1. The summed E-state index contributed by atoms with van der Waals surface area (Å²) in [7, 11) is 0. The maximum absolute atomic E-state index is 4.60. The molecule has 3 rings (SSSR count). The Morgan fingerprint density at radius 3 is 2.04 bits per heavy atom. The van der Waals surface area contributed by atoms with Crippen LogP contribution in [0.4, 0.5) is 0 Å². The molecule has 1 aromatic carbocycles. The zero-order chi connectivity index (χ0) is 18.2. The summed E-state index contributed by atoms with van der Waals surface area (Å²) in [4.78, 5) is 4.60. The van der Waals surface area contributed by atoms with Crippen LogP contribution in [-0.2, 0) is 12.8 Å². The van der Waals surface area contributed by atoms with Crippen molar-refractivity contribution in [2.75, 3.05) is 0 Å². The predicted octanol–water partition coefficient (Wildman–Crippen LogP) is 7.24. The second kappa shape index (κ2) is 9.90. The highest BCUT2D eigenvalue weighted by Gasteiger charge is 2.20. The van der Waals surface area contributed by atoms with Gasteiger partial charge in [-0.25, -0.2) is 0 Å². The van der Waals surface area contributed by atoms with E-state index in [0.29, 0.717) is 0 Å². The van der Waals surface area contributed by atoms with Crippen molar-refractivity contribution in [3.8, 4) is 11.3 Å². The summed E-state index contributed by atoms with van der Waals surface area (Å²) in [5.41, 5.74) is 5.09. The highest BCUT2D eigenvalue weighted by Crippen LogP contribution is 2.34. The Morgan fingerprint density at radius 2 is 1.46 bits per heavy atom. The molecule has 0 radical (unpaired) electrons. The third-order valence-corrected chi connectivity index (χ3v) is 6.26. The Kier molecular flexibility index (Phi) is 7.29. The summed E-state index contributed by atoms with van der Waals surface area (Å²) in [6.45, 7) is 4.48. The fourth-order valence-corrected chi connectivity index (χ4v) is 4.32. The third kappa shape index (κ3) is 5.43. The molecule has 1 nitrogen and oxygen atoms in total. The van der Waals surface area contributed by atoms with Gasteiger partial charge in [-0.05, 0) is 48.3 Å². The average molecular weight is 350 g/mol. The largest absolute Gasteiger partial charge is 0.256 e. The smallest absolute Gasteiger partial charge is 0.0702 e. The van der Waals surface area contributed by atoms with E-state index in [1.54, 1.807) is 0 Å². The topological polar surface area (TPSA) is 12.9 Å². The molecule has 0 atom stereocenters. The molecule has 1 heterocycles. The van der Waals surface area contributed by atoms with Crippen molar-refractivity contribution in [3.05, 3.63) is 53.7 Å². The molecular weight excluding hydrogens is 314 g/mol. The molecule has 0 spiro atoms. The molecule has 26 heavy (non-hydrogen) atoms. The van der Waals surface area contributed by atoms with Gasteiger partial charge in [0.15, 0.2) is 0 Å². The molecule has 0 amide bonds. The minimum absolute atomic E-state index is 0.954. The Morgan fingerprint density at radius 1 is 0.808 bits per heavy atom. The lowest BCUT2D eigenvalue weighted by atomic mass is 9.78. The van der Waals surface area contributed by atoms with Crippen molar-refractivity contribution >= 4 is 0 Å². The first-order chi connectivity index (χ1) is 12.8. The van der Waals surface area contributed by atoms with Crippen LogP contribution < -0.4 is 0 Å². The van der Waals surface area contributed by atoms with Crippen molar-refractivity contribution in [1.29, 1.82) is 0 Å². The van der Waals surface area contributed by atoms with Gasteiger partial charge in [0, 0.05) is 11.8 Å². The van der Waals surface area contributed by atoms with Crippen LogP contribution in [0.5, 0.6) is 0 Å². The van der Waals surface area contributed by atoms with E-state index in [9.17, 15) is 0 Å². The molecule has 0 bridgehead atoms. The summed E-state index contributed by atoms with van der Waals surface area (Å²) in [5, 5.41) is 0. The number of pyridine rings is 1. The first kappa shape index (κ1) is 19.1. The van der Waals surface area contributed by atoms with Gasteiger partial charge >= 0.3 is 0 Å². The van der Waals surface area contributed by atoms with E-state index in [4.69, 9.17) is 0 Å². The predicted molar refractivity (Wildman–Crippen MR) is 112 cm³/mol. The molecule has 1 fully saturated rings. The van der Waals surface area contributed by atoms with Gasteiger partial charge < -0.3 is 0 Å². The summed E-state index contributed by atoms with van der Waals surface area (Å²) in [5.74, 6) is 1.98. The van der Waals surface area contributed by atoms with Crippen LogP contribution >= 0.6 is 0 Å². The SMILES string of the molecule is CCCC[C@H]1CC[C@H](CCc2ccc(-c3ccc(CC)cn3)cc2)CC1. The molecule has 0 saturated heterocycles. The van der Waals surface area contributed by atoms with Gasteiger partial charge in [0.25, 0.3) is 0 Å². The molecule has 1 aliphatic rings. The zero-order valence-electron chi connectivity index (χ0n) is 16.7. The van der Waals surface area contributed by atoms with Gasteiger partial charge in [-0.2, -0.15) is 0 Å². The van der Waals surface area contributed by atoms with Crippen molar-refractivity contribution in [3.63, 3.8) is 0 Å². The van der Waals surface area contributed by atoms with Gasteiger partial charge in [0.05, 0.1) is 5.69 Å². The average Bonchev–Trinajstić information content (AvgIpc) is 2.72. The lowest BCUT2D eigenvalue weighted by Crippen LogP contribution is -2.15. The molecule has 0 N–H and O–H groups in total. The summed E-state index contributed by atoms with van der Waals surface area (Å²) in [6, 6.07) is 13.4. The molecule has 1 aliphatic carbocycles. The van der Waals surface area contributed by atoms with E-state index in [2.05, 4.69) is 55.2 Å². The number of benzene rings is 1. The van der Waals surface area contributed by atoms with E-state index in [-0.39, 0.29) is 0 Å². The van der Waals surface area contributed by atoms with Gasteiger partial charge in [0.2, 0.25) is 0 Å². The Hall–Kier alpha value is -1.63. The zero-order valence-corrected chi connectivity index (χ0v) is 16.7. The fraction of sp³-hybridized carbons (Fsp3) is 0.560. The quantitative estimate of drug-likeness (QED) is 0.489. The van der Waals surface area contributed by atoms with Crippen LogP contribution in [0.2, 0.25) is 0 Å². The van der Waals surface area contributed by atoms with Crippen molar-refractivity contribution in [2.24, 2.45) is 11.8 Å². The maximum Gasteiger partial charge on any atom is 0.0702 e. The second-order valence-electron chi connectivity index (χ2n) is 8.17. The molecule has 1 heteroatoms. The minimum Gasteiger partial charge on any atom is -0.256 e. The monoisotopic (exact) mass is 349 g/mol. The van der Waals surface area contributed by atoms with Crippen LogP contribution in [0.1, 0.15) is 76.3 Å². The number of aromatic nitrogens is 1. The number of aryl methyl sites for hydroxylation is 2. The molecular formula is C25H35N. The molecule has 0 unspecified atom stereocenters. The van der Waals surface area contributed by atoms with E-state index in [1.807, 2.05) is 6.20 Å². The van der Waals surface area contributed by atoms with Gasteiger partial charge in [0.1, 0.15) is 0 Å². The maximum atomic E-state index is 4.60. The molecule has 140 valence electrons. The normalized spacial score (nSPS) is 20.2. The van der Waals surface area contributed by atoms with Crippen LogP contribution in [-0.4, -0.2) is 4.98 Å². The number of hydrogen-bond donors (Lipinski definition) is 0. The Bertz CT molecular complexity index is 633. The molecule has 1 saturated carbocycles. The molecule has 0 aliphatic heterocycles. The first-order valence-corrected chi connectivity index (χ1v) is 10.8. The van der Waals surface area contributed by atoms with Gasteiger partial charge in [-0.1, -0.05) is 89.1 Å². The van der Waals surface area contributed by atoms with E-state index in [1.165, 1.54) is 74.5 Å². The number of rotatable bonds is 8. The molecule has 1 aromatic heterocycles. The van der Waals surface area contributed by atoms with E-state index in [0.717, 1.165) is 24.0 Å². The Balaban J connectivity index is 1.46. The Labute approximate surface area is 160 Å². The fourth-order valence-electron chi connectivity index (χ4n) is 4.32. The van der Waals surface area contributed by atoms with Crippen molar-refractivity contribution < 1.29 is 0 Å². The van der Waals surface area contributed by atoms with Crippen LogP contribution in [0, 0.1) is 11.8 Å². The minimum atomic E-state index is 0.954. The lowest BCUT2D eigenvalue weighted by molar-refractivity contribution is 0.250. The van der Waals surface area contributed by atoms with Crippen molar-refractivity contribution in [1.82, 2.24) is 4.98 Å². The van der Waals surface area contributed by atoms with Crippen LogP contribution in [0.25, 0.3) is 11.3 Å². The first-order valence-electron chi connectivity index (χ1n) is 10.8. The highest BCUT2D eigenvalue weighted by atomic mass is 14.7. The molecule has 2 aromatic rings. The third-order valence-electron chi connectivity index (χ3n) is 6.26.